The van der Waals surface area contributed by atoms with Gasteiger partial charge in [-0.3, -0.25) is 19.1 Å². The highest BCUT2D eigenvalue weighted by atomic mass is 32.1. The summed E-state index contributed by atoms with van der Waals surface area (Å²) in [5, 5.41) is 1.90. The standard InChI is InChI=1S/C18H20N4OS/c23-17-12-15(20-18-22(17)10-11-24-18)13-21-9-3-1-2-4-16(21)14-5-7-19-8-6-14/h5-8,10-12,16H,1-4,9,13H2/t16-/m0/s1. The molecule has 0 aromatic carbocycles. The molecule has 1 fully saturated rings. The van der Waals surface area contributed by atoms with Crippen LogP contribution in [0.3, 0.4) is 0 Å². The molecule has 1 aliphatic rings. The Kier molecular flexibility index (Phi) is 4.40. The highest BCUT2D eigenvalue weighted by molar-refractivity contribution is 7.15. The van der Waals surface area contributed by atoms with E-state index in [1.807, 2.05) is 17.8 Å². The second-order valence-electron chi connectivity index (χ2n) is 6.26. The Hall–Kier alpha value is -2.05. The van der Waals surface area contributed by atoms with E-state index in [1.54, 1.807) is 16.7 Å². The van der Waals surface area contributed by atoms with Crippen molar-refractivity contribution in [1.82, 2.24) is 19.3 Å². The number of nitrogens with zero attached hydrogens (tertiary/aromatic N) is 4. The summed E-state index contributed by atoms with van der Waals surface area (Å²) in [5.41, 5.74) is 2.18. The fraction of sp³-hybridized carbons (Fsp3) is 0.389. The molecule has 1 atom stereocenters. The van der Waals surface area contributed by atoms with Crippen LogP contribution in [0.2, 0.25) is 0 Å². The Morgan fingerprint density at radius 2 is 2.08 bits per heavy atom. The van der Waals surface area contributed by atoms with E-state index in [-0.39, 0.29) is 5.56 Å². The van der Waals surface area contributed by atoms with Crippen molar-refractivity contribution in [2.24, 2.45) is 0 Å². The highest BCUT2D eigenvalue weighted by Crippen LogP contribution is 2.30. The Morgan fingerprint density at radius 1 is 1.21 bits per heavy atom. The van der Waals surface area contributed by atoms with Crippen molar-refractivity contribution in [2.45, 2.75) is 38.3 Å². The first-order valence-corrected chi connectivity index (χ1v) is 9.29. The molecular formula is C18H20N4OS. The van der Waals surface area contributed by atoms with E-state index < -0.39 is 0 Å². The third-order valence-corrected chi connectivity index (χ3v) is 5.43. The molecule has 1 saturated heterocycles. The van der Waals surface area contributed by atoms with E-state index >= 15 is 0 Å². The Bertz CT molecular complexity index is 873. The quantitative estimate of drug-likeness (QED) is 0.734. The lowest BCUT2D eigenvalue weighted by Gasteiger charge is -2.29. The molecule has 24 heavy (non-hydrogen) atoms. The van der Waals surface area contributed by atoms with Crippen LogP contribution in [0, 0.1) is 0 Å². The first-order valence-electron chi connectivity index (χ1n) is 8.41. The second-order valence-corrected chi connectivity index (χ2v) is 7.13. The van der Waals surface area contributed by atoms with Gasteiger partial charge >= 0.3 is 0 Å². The summed E-state index contributed by atoms with van der Waals surface area (Å²) in [7, 11) is 0. The molecule has 6 heteroatoms. The predicted molar refractivity (Wildman–Crippen MR) is 95.2 cm³/mol. The minimum atomic E-state index is 0.00605. The van der Waals surface area contributed by atoms with Crippen LogP contribution in [0.4, 0.5) is 0 Å². The number of fused-ring (bicyclic) bond motifs is 1. The molecule has 0 unspecified atom stereocenters. The maximum Gasteiger partial charge on any atom is 0.258 e. The SMILES string of the molecule is O=c1cc(CN2CCCCC[C@H]2c2ccncc2)nc2sccn12. The highest BCUT2D eigenvalue weighted by Gasteiger charge is 2.23. The lowest BCUT2D eigenvalue weighted by Crippen LogP contribution is -2.29. The van der Waals surface area contributed by atoms with Gasteiger partial charge < -0.3 is 0 Å². The topological polar surface area (TPSA) is 50.5 Å². The van der Waals surface area contributed by atoms with E-state index in [0.717, 1.165) is 30.2 Å². The molecule has 0 radical (unpaired) electrons. The van der Waals surface area contributed by atoms with Crippen molar-refractivity contribution in [3.63, 3.8) is 0 Å². The summed E-state index contributed by atoms with van der Waals surface area (Å²) in [4.78, 5) is 24.3. The Labute approximate surface area is 144 Å². The van der Waals surface area contributed by atoms with Crippen molar-refractivity contribution in [3.8, 4) is 0 Å². The molecule has 3 aromatic rings. The summed E-state index contributed by atoms with van der Waals surface area (Å²) in [6.07, 6.45) is 10.3. The summed E-state index contributed by atoms with van der Waals surface area (Å²) in [6.45, 7) is 1.76. The molecule has 3 aromatic heterocycles. The number of rotatable bonds is 3. The Balaban J connectivity index is 1.65. The van der Waals surface area contributed by atoms with Crippen LogP contribution >= 0.6 is 11.3 Å². The molecule has 0 bridgehead atoms. The van der Waals surface area contributed by atoms with Crippen molar-refractivity contribution >= 4 is 16.3 Å². The summed E-state index contributed by atoms with van der Waals surface area (Å²) in [5.74, 6) is 0. The largest absolute Gasteiger partial charge is 0.291 e. The van der Waals surface area contributed by atoms with Crippen LogP contribution in [0.1, 0.15) is 43.0 Å². The van der Waals surface area contributed by atoms with Crippen molar-refractivity contribution in [3.05, 3.63) is 63.8 Å². The van der Waals surface area contributed by atoms with Crippen molar-refractivity contribution in [2.75, 3.05) is 6.54 Å². The third kappa shape index (κ3) is 3.12. The molecular weight excluding hydrogens is 320 g/mol. The van der Waals surface area contributed by atoms with Gasteiger partial charge in [-0.05, 0) is 37.1 Å². The third-order valence-electron chi connectivity index (χ3n) is 4.68. The van der Waals surface area contributed by atoms with Gasteiger partial charge in [0.1, 0.15) is 0 Å². The van der Waals surface area contributed by atoms with Gasteiger partial charge in [-0.1, -0.05) is 12.8 Å². The van der Waals surface area contributed by atoms with Crippen molar-refractivity contribution < 1.29 is 0 Å². The monoisotopic (exact) mass is 340 g/mol. The number of hydrogen-bond donors (Lipinski definition) is 0. The molecule has 124 valence electrons. The molecule has 0 aliphatic carbocycles. The lowest BCUT2D eigenvalue weighted by atomic mass is 10.0. The number of pyridine rings is 1. The maximum absolute atomic E-state index is 12.2. The van der Waals surface area contributed by atoms with Crippen LogP contribution in [-0.2, 0) is 6.54 Å². The predicted octanol–water partition coefficient (Wildman–Crippen LogP) is 3.27. The minimum Gasteiger partial charge on any atom is -0.291 e. The zero-order chi connectivity index (χ0) is 16.4. The molecule has 4 heterocycles. The van der Waals surface area contributed by atoms with E-state index in [1.165, 1.54) is 36.2 Å². The molecule has 0 spiro atoms. The fourth-order valence-corrected chi connectivity index (χ4v) is 4.24. The number of thiazole rings is 1. The molecule has 0 amide bonds. The first kappa shape index (κ1) is 15.5. The van der Waals surface area contributed by atoms with Gasteiger partial charge in [0.25, 0.3) is 5.56 Å². The zero-order valence-corrected chi connectivity index (χ0v) is 14.3. The smallest absolute Gasteiger partial charge is 0.258 e. The molecule has 0 saturated carbocycles. The van der Waals surface area contributed by atoms with E-state index in [0.29, 0.717) is 6.04 Å². The van der Waals surface area contributed by atoms with Gasteiger partial charge in [0, 0.05) is 42.6 Å². The first-order chi connectivity index (χ1) is 11.8. The number of aromatic nitrogens is 3. The van der Waals surface area contributed by atoms with Crippen LogP contribution in [0.15, 0.2) is 47.0 Å². The molecule has 1 aliphatic heterocycles. The van der Waals surface area contributed by atoms with Gasteiger partial charge in [-0.25, -0.2) is 4.98 Å². The van der Waals surface area contributed by atoms with Gasteiger partial charge in [0.05, 0.1) is 5.69 Å². The van der Waals surface area contributed by atoms with Crippen LogP contribution in [0.5, 0.6) is 0 Å². The van der Waals surface area contributed by atoms with Gasteiger partial charge in [0.2, 0.25) is 0 Å². The number of likely N-dealkylation sites (tertiary alicyclic amines) is 1. The normalized spacial score (nSPS) is 19.4. The average Bonchev–Trinajstić information content (AvgIpc) is 2.96. The molecule has 5 nitrogen and oxygen atoms in total. The fourth-order valence-electron chi connectivity index (χ4n) is 3.50. The van der Waals surface area contributed by atoms with E-state index in [2.05, 4.69) is 27.0 Å². The van der Waals surface area contributed by atoms with Crippen LogP contribution in [0.25, 0.3) is 4.96 Å². The minimum absolute atomic E-state index is 0.00605. The maximum atomic E-state index is 12.2. The summed E-state index contributed by atoms with van der Waals surface area (Å²) in [6, 6.07) is 6.26. The second kappa shape index (κ2) is 6.83. The lowest BCUT2D eigenvalue weighted by molar-refractivity contribution is 0.190. The van der Waals surface area contributed by atoms with Crippen LogP contribution in [-0.4, -0.2) is 25.8 Å². The van der Waals surface area contributed by atoms with Gasteiger partial charge in [-0.15, -0.1) is 11.3 Å². The summed E-state index contributed by atoms with van der Waals surface area (Å²) >= 11 is 1.50. The molecule has 0 N–H and O–H groups in total. The average molecular weight is 340 g/mol. The van der Waals surface area contributed by atoms with Gasteiger partial charge in [-0.2, -0.15) is 0 Å². The number of hydrogen-bond acceptors (Lipinski definition) is 5. The van der Waals surface area contributed by atoms with Gasteiger partial charge in [0.15, 0.2) is 4.96 Å². The van der Waals surface area contributed by atoms with E-state index in [4.69, 9.17) is 0 Å². The summed E-state index contributed by atoms with van der Waals surface area (Å²) < 4.78 is 1.61. The zero-order valence-electron chi connectivity index (χ0n) is 13.5. The van der Waals surface area contributed by atoms with Crippen molar-refractivity contribution in [1.29, 1.82) is 0 Å². The van der Waals surface area contributed by atoms with Crippen LogP contribution < -0.4 is 5.56 Å². The molecule has 4 rings (SSSR count). The van der Waals surface area contributed by atoms with E-state index in [9.17, 15) is 4.79 Å². The Morgan fingerprint density at radius 3 is 2.96 bits per heavy atom.